The van der Waals surface area contributed by atoms with Crippen molar-refractivity contribution in [1.29, 1.82) is 0 Å². The van der Waals surface area contributed by atoms with Crippen LogP contribution in [0.3, 0.4) is 0 Å². The molecule has 0 bridgehead atoms. The zero-order valence-electron chi connectivity index (χ0n) is 9.58. The average molecular weight is 284 g/mol. The molecule has 88 valence electrons. The summed E-state index contributed by atoms with van der Waals surface area (Å²) < 4.78 is 6.21. The first-order valence-electron chi connectivity index (χ1n) is 5.46. The minimum absolute atomic E-state index is 0.347. The molecule has 0 saturated heterocycles. The van der Waals surface area contributed by atoms with Crippen LogP contribution in [-0.4, -0.2) is 13.2 Å². The van der Waals surface area contributed by atoms with Crippen LogP contribution in [0.25, 0.3) is 0 Å². The molecule has 3 heteroatoms. The van der Waals surface area contributed by atoms with Crippen LogP contribution in [0.4, 0.5) is 0 Å². The third-order valence-corrected chi connectivity index (χ3v) is 3.10. The van der Waals surface area contributed by atoms with Gasteiger partial charge in [-0.25, -0.2) is 0 Å². The maximum atomic E-state index is 5.06. The summed E-state index contributed by atoms with van der Waals surface area (Å²) in [5.41, 5.74) is 1.28. The van der Waals surface area contributed by atoms with Gasteiger partial charge in [-0.05, 0) is 31.5 Å². The van der Waals surface area contributed by atoms with Crippen molar-refractivity contribution >= 4 is 15.9 Å². The highest BCUT2D eigenvalue weighted by atomic mass is 79.9. The van der Waals surface area contributed by atoms with Crippen LogP contribution in [0.2, 0.25) is 0 Å². The first-order chi connectivity index (χ1) is 7.75. The summed E-state index contributed by atoms with van der Waals surface area (Å²) in [6.07, 6.45) is 2.47. The van der Waals surface area contributed by atoms with E-state index in [-0.39, 0.29) is 0 Å². The van der Waals surface area contributed by atoms with Gasteiger partial charge in [0, 0.05) is 10.5 Å². The number of benzene rings is 1. The minimum Gasteiger partial charge on any atom is -0.502 e. The molecule has 1 atom stereocenters. The summed E-state index contributed by atoms with van der Waals surface area (Å²) in [7, 11) is 0. The van der Waals surface area contributed by atoms with Gasteiger partial charge in [0.25, 0.3) is 0 Å². The second-order valence-corrected chi connectivity index (χ2v) is 4.44. The Kier molecular flexibility index (Phi) is 6.19. The highest BCUT2D eigenvalue weighted by Gasteiger charge is 2.06. The van der Waals surface area contributed by atoms with E-state index in [1.54, 1.807) is 0 Å². The van der Waals surface area contributed by atoms with E-state index < -0.39 is 0 Å². The third-order valence-electron chi connectivity index (χ3n) is 2.38. The lowest BCUT2D eigenvalue weighted by molar-refractivity contribution is 0.243. The second kappa shape index (κ2) is 7.47. The van der Waals surface area contributed by atoms with Gasteiger partial charge in [0.15, 0.2) is 0 Å². The lowest BCUT2D eigenvalue weighted by Gasteiger charge is -2.15. The van der Waals surface area contributed by atoms with Gasteiger partial charge in [-0.1, -0.05) is 40.7 Å². The predicted octanol–water partition coefficient (Wildman–Crippen LogP) is 3.65. The molecule has 0 fully saturated rings. The van der Waals surface area contributed by atoms with Crippen molar-refractivity contribution in [2.24, 2.45) is 0 Å². The highest BCUT2D eigenvalue weighted by Crippen LogP contribution is 2.22. The summed E-state index contributed by atoms with van der Waals surface area (Å²) in [5, 5.41) is 3.45. The Morgan fingerprint density at radius 2 is 2.25 bits per heavy atom. The quantitative estimate of drug-likeness (QED) is 0.609. The summed E-state index contributed by atoms with van der Waals surface area (Å²) in [4.78, 5) is 0. The van der Waals surface area contributed by atoms with Gasteiger partial charge >= 0.3 is 0 Å². The zero-order chi connectivity index (χ0) is 11.8. The Labute approximate surface area is 106 Å². The molecule has 1 aromatic rings. The Morgan fingerprint density at radius 1 is 1.50 bits per heavy atom. The normalized spacial score (nSPS) is 12.1. The molecule has 1 unspecified atom stereocenters. The molecule has 0 aliphatic carbocycles. The fourth-order valence-electron chi connectivity index (χ4n) is 1.49. The maximum absolute atomic E-state index is 5.06. The molecular formula is C13H18BrNO. The largest absolute Gasteiger partial charge is 0.502 e. The van der Waals surface area contributed by atoms with Gasteiger partial charge in [0.05, 0.1) is 12.9 Å². The third kappa shape index (κ3) is 4.37. The van der Waals surface area contributed by atoms with E-state index in [2.05, 4.69) is 52.9 Å². The predicted molar refractivity (Wildman–Crippen MR) is 71.3 cm³/mol. The van der Waals surface area contributed by atoms with E-state index in [1.165, 1.54) is 11.8 Å². The maximum Gasteiger partial charge on any atom is 0.0885 e. The monoisotopic (exact) mass is 283 g/mol. The van der Waals surface area contributed by atoms with Gasteiger partial charge in [0.2, 0.25) is 0 Å². The molecule has 16 heavy (non-hydrogen) atoms. The van der Waals surface area contributed by atoms with Crippen LogP contribution < -0.4 is 5.32 Å². The summed E-state index contributed by atoms with van der Waals surface area (Å²) in [6.45, 7) is 7.33. The minimum atomic E-state index is 0.347. The Hall–Kier alpha value is -0.800. The second-order valence-electron chi connectivity index (χ2n) is 3.59. The van der Waals surface area contributed by atoms with E-state index in [0.29, 0.717) is 6.04 Å². The van der Waals surface area contributed by atoms with E-state index in [0.717, 1.165) is 24.0 Å². The lowest BCUT2D eigenvalue weighted by Crippen LogP contribution is -2.21. The van der Waals surface area contributed by atoms with E-state index >= 15 is 0 Å². The van der Waals surface area contributed by atoms with Crippen molar-refractivity contribution in [1.82, 2.24) is 5.32 Å². The van der Waals surface area contributed by atoms with E-state index in [4.69, 9.17) is 4.74 Å². The molecule has 1 rings (SSSR count). The molecule has 0 spiro atoms. The van der Waals surface area contributed by atoms with Crippen LogP contribution in [0.1, 0.15) is 24.9 Å². The molecular weight excluding hydrogens is 266 g/mol. The number of nitrogens with one attached hydrogen (secondary N) is 1. The number of halogens is 1. The van der Waals surface area contributed by atoms with Crippen LogP contribution in [0.15, 0.2) is 41.6 Å². The smallest absolute Gasteiger partial charge is 0.0885 e. The molecule has 1 N–H and O–H groups in total. The van der Waals surface area contributed by atoms with Gasteiger partial charge in [0.1, 0.15) is 0 Å². The van der Waals surface area contributed by atoms with Crippen LogP contribution in [-0.2, 0) is 4.74 Å². The first-order valence-corrected chi connectivity index (χ1v) is 6.25. The summed E-state index contributed by atoms with van der Waals surface area (Å²) in [6, 6.07) is 8.62. The number of rotatable bonds is 7. The van der Waals surface area contributed by atoms with Gasteiger partial charge in [-0.2, -0.15) is 0 Å². The number of ether oxygens (including phenoxy) is 1. The summed E-state index contributed by atoms with van der Waals surface area (Å²) in [5.74, 6) is 0. The van der Waals surface area contributed by atoms with Gasteiger partial charge < -0.3 is 10.1 Å². The summed E-state index contributed by atoms with van der Waals surface area (Å²) >= 11 is 3.55. The fourth-order valence-corrected chi connectivity index (χ4v) is 2.12. The lowest BCUT2D eigenvalue weighted by atomic mass is 10.1. The Morgan fingerprint density at radius 3 is 2.94 bits per heavy atom. The number of hydrogen-bond donors (Lipinski definition) is 1. The Bertz CT molecular complexity index is 327. The zero-order valence-corrected chi connectivity index (χ0v) is 11.2. The average Bonchev–Trinajstić information content (AvgIpc) is 2.29. The molecule has 2 nitrogen and oxygen atoms in total. The van der Waals surface area contributed by atoms with Crippen molar-refractivity contribution < 1.29 is 4.74 Å². The van der Waals surface area contributed by atoms with Crippen molar-refractivity contribution in [3.63, 3.8) is 0 Å². The van der Waals surface area contributed by atoms with E-state index in [9.17, 15) is 0 Å². The van der Waals surface area contributed by atoms with E-state index in [1.807, 2.05) is 6.07 Å². The molecule has 0 aliphatic rings. The first kappa shape index (κ1) is 13.3. The topological polar surface area (TPSA) is 21.3 Å². The van der Waals surface area contributed by atoms with Crippen molar-refractivity contribution in [3.05, 3.63) is 47.1 Å². The van der Waals surface area contributed by atoms with Crippen molar-refractivity contribution in [2.75, 3.05) is 13.2 Å². The SMILES string of the molecule is C=COCCCNC(C)c1ccccc1Br. The molecule has 0 amide bonds. The standard InChI is InChI=1S/C13H18BrNO/c1-3-16-10-6-9-15-11(2)12-7-4-5-8-13(12)14/h3-5,7-8,11,15H,1,6,9-10H2,2H3. The molecule has 0 aliphatic heterocycles. The van der Waals surface area contributed by atoms with Crippen molar-refractivity contribution in [2.45, 2.75) is 19.4 Å². The van der Waals surface area contributed by atoms with Crippen LogP contribution >= 0.6 is 15.9 Å². The number of hydrogen-bond acceptors (Lipinski definition) is 2. The van der Waals surface area contributed by atoms with Crippen LogP contribution in [0.5, 0.6) is 0 Å². The molecule has 1 aromatic carbocycles. The molecule has 0 radical (unpaired) electrons. The Balaban J connectivity index is 2.32. The fraction of sp³-hybridized carbons (Fsp3) is 0.385. The van der Waals surface area contributed by atoms with Crippen LogP contribution in [0, 0.1) is 0 Å². The van der Waals surface area contributed by atoms with Gasteiger partial charge in [-0.3, -0.25) is 0 Å². The molecule has 0 aromatic heterocycles. The highest BCUT2D eigenvalue weighted by molar-refractivity contribution is 9.10. The van der Waals surface area contributed by atoms with Gasteiger partial charge in [-0.15, -0.1) is 0 Å². The van der Waals surface area contributed by atoms with Crippen molar-refractivity contribution in [3.8, 4) is 0 Å². The molecule has 0 saturated carbocycles. The molecule has 0 heterocycles.